The molecule has 0 bridgehead atoms. The van der Waals surface area contributed by atoms with E-state index in [9.17, 15) is 19.8 Å². The van der Waals surface area contributed by atoms with Crippen LogP contribution in [-0.2, 0) is 20.7 Å². The molecule has 0 aliphatic heterocycles. The molecule has 0 aromatic carbocycles. The van der Waals surface area contributed by atoms with Gasteiger partial charge in [0.1, 0.15) is 0 Å². The zero-order valence-electron chi connectivity index (χ0n) is 19.2. The van der Waals surface area contributed by atoms with Crippen LogP contribution in [0.25, 0.3) is 0 Å². The Balaban J connectivity index is 0.000000592. The van der Waals surface area contributed by atoms with Crippen molar-refractivity contribution in [3.05, 3.63) is 18.2 Å². The van der Waals surface area contributed by atoms with E-state index in [4.69, 9.17) is 16.2 Å². The van der Waals surface area contributed by atoms with Crippen LogP contribution in [0, 0.1) is 5.92 Å². The smallest absolute Gasteiger partial charge is 0.345 e. The van der Waals surface area contributed by atoms with Gasteiger partial charge in [0.25, 0.3) is 0 Å². The number of nitrogens with one attached hydrogen (secondary N) is 1. The number of Topliss-reactive ketones (excluding diaryl/α,β-unsaturated/α-hetero) is 1. The maximum Gasteiger partial charge on any atom is 0.345 e. The Morgan fingerprint density at radius 2 is 1.77 bits per heavy atom. The van der Waals surface area contributed by atoms with Gasteiger partial charge in [-0.15, -0.1) is 0 Å². The van der Waals surface area contributed by atoms with Gasteiger partial charge in [-0.2, -0.15) is 0 Å². The number of ether oxygens (including phenoxy) is 1. The average molecular weight is 441 g/mol. The summed E-state index contributed by atoms with van der Waals surface area (Å²) in [5.74, 6) is -2.38. The number of carbonyl (C=O) groups excluding carboxylic acids is 1. The number of aliphatic carboxylic acids is 1. The molecule has 1 heterocycles. The van der Waals surface area contributed by atoms with Crippen LogP contribution >= 0.6 is 0 Å². The summed E-state index contributed by atoms with van der Waals surface area (Å²) in [6, 6.07) is -2.37. The first-order chi connectivity index (χ1) is 14.5. The van der Waals surface area contributed by atoms with Crippen molar-refractivity contribution in [1.29, 1.82) is 0 Å². The molecule has 0 amide bonds. The van der Waals surface area contributed by atoms with Crippen molar-refractivity contribution in [2.75, 3.05) is 0 Å². The molecule has 0 saturated heterocycles. The van der Waals surface area contributed by atoms with Crippen LogP contribution in [0.3, 0.4) is 0 Å². The monoisotopic (exact) mass is 440 g/mol. The largest absolute Gasteiger partial charge is 0.479 e. The highest BCUT2D eigenvalue weighted by Crippen LogP contribution is 2.30. The van der Waals surface area contributed by atoms with Crippen LogP contribution in [0.2, 0.25) is 0 Å². The Morgan fingerprint density at radius 1 is 1.19 bits per heavy atom. The van der Waals surface area contributed by atoms with E-state index in [2.05, 4.69) is 9.97 Å². The first-order valence-electron chi connectivity index (χ1n) is 11.1. The van der Waals surface area contributed by atoms with Crippen LogP contribution in [0.4, 0.5) is 0 Å². The molecule has 9 heteroatoms. The van der Waals surface area contributed by atoms with Crippen molar-refractivity contribution in [2.24, 2.45) is 17.4 Å². The molecule has 31 heavy (non-hydrogen) atoms. The van der Waals surface area contributed by atoms with Crippen molar-refractivity contribution in [3.8, 4) is 0 Å². The first kappa shape index (κ1) is 27.2. The van der Waals surface area contributed by atoms with Crippen molar-refractivity contribution >= 4 is 11.8 Å². The molecular weight excluding hydrogens is 400 g/mol. The summed E-state index contributed by atoms with van der Waals surface area (Å²) in [5, 5.41) is 20.0. The molecule has 1 aliphatic carbocycles. The lowest BCUT2D eigenvalue weighted by molar-refractivity contribution is -0.168. The lowest BCUT2D eigenvalue weighted by Gasteiger charge is -2.33. The molecule has 2 rings (SSSR count). The molecule has 1 unspecified atom stereocenters. The second kappa shape index (κ2) is 12.9. The Kier molecular flexibility index (Phi) is 11.3. The topological polar surface area (TPSA) is 165 Å². The molecule has 1 aliphatic rings. The van der Waals surface area contributed by atoms with Crippen molar-refractivity contribution < 1.29 is 24.5 Å². The van der Waals surface area contributed by atoms with Gasteiger partial charge in [0.15, 0.2) is 5.78 Å². The number of imidazole rings is 1. The van der Waals surface area contributed by atoms with E-state index >= 15 is 0 Å². The van der Waals surface area contributed by atoms with Gasteiger partial charge in [-0.1, -0.05) is 32.1 Å². The zero-order chi connectivity index (χ0) is 23.6. The average Bonchev–Trinajstić information content (AvgIpc) is 3.19. The normalized spacial score (nSPS) is 18.7. The fourth-order valence-corrected chi connectivity index (χ4v) is 3.95. The molecular formula is C22H40N4O5. The molecule has 1 saturated carbocycles. The predicted molar refractivity (Wildman–Crippen MR) is 118 cm³/mol. The van der Waals surface area contributed by atoms with Gasteiger partial charge >= 0.3 is 5.97 Å². The van der Waals surface area contributed by atoms with Crippen LogP contribution in [-0.4, -0.2) is 61.8 Å². The SMILES string of the molecule is CC(C)OC(C)C.N[C@@H](Cc1c[nH]cn1)C(=O)C(O)(C(=O)O)[C@@H](N)CC1CCCCC1. The third kappa shape index (κ3) is 8.68. The molecule has 1 fully saturated rings. The van der Waals surface area contributed by atoms with Gasteiger partial charge in [0.2, 0.25) is 5.60 Å². The first-order valence-corrected chi connectivity index (χ1v) is 11.1. The van der Waals surface area contributed by atoms with Crippen molar-refractivity contribution in [2.45, 2.75) is 103 Å². The zero-order valence-corrected chi connectivity index (χ0v) is 19.2. The number of aromatic nitrogens is 2. The Hall–Kier alpha value is -1.81. The van der Waals surface area contributed by atoms with E-state index in [0.717, 1.165) is 32.1 Å². The van der Waals surface area contributed by atoms with Crippen LogP contribution in [0.1, 0.15) is 71.9 Å². The van der Waals surface area contributed by atoms with E-state index in [1.165, 1.54) is 6.33 Å². The third-order valence-electron chi connectivity index (χ3n) is 5.42. The molecule has 178 valence electrons. The summed E-state index contributed by atoms with van der Waals surface area (Å²) < 4.78 is 5.25. The Bertz CT molecular complexity index is 653. The van der Waals surface area contributed by atoms with Crippen LogP contribution < -0.4 is 11.5 Å². The summed E-state index contributed by atoms with van der Waals surface area (Å²) in [7, 11) is 0. The van der Waals surface area contributed by atoms with Crippen molar-refractivity contribution in [3.63, 3.8) is 0 Å². The summed E-state index contributed by atoms with van der Waals surface area (Å²) in [5.41, 5.74) is 9.63. The number of hydrogen-bond donors (Lipinski definition) is 5. The quantitative estimate of drug-likeness (QED) is 0.343. The minimum Gasteiger partial charge on any atom is -0.479 e. The van der Waals surface area contributed by atoms with Gasteiger partial charge in [0, 0.05) is 12.6 Å². The summed E-state index contributed by atoms with van der Waals surface area (Å²) >= 11 is 0. The summed E-state index contributed by atoms with van der Waals surface area (Å²) in [4.78, 5) is 30.9. The number of hydrogen-bond acceptors (Lipinski definition) is 7. The lowest BCUT2D eigenvalue weighted by atomic mass is 9.77. The number of nitrogens with zero attached hydrogens (tertiary/aromatic N) is 1. The van der Waals surface area contributed by atoms with Gasteiger partial charge in [0.05, 0.1) is 36.3 Å². The maximum absolute atomic E-state index is 12.5. The second-order valence-corrected chi connectivity index (χ2v) is 8.89. The van der Waals surface area contributed by atoms with E-state index < -0.39 is 29.4 Å². The fourth-order valence-electron chi connectivity index (χ4n) is 3.95. The molecule has 1 aromatic rings. The fraction of sp³-hybridized carbons (Fsp3) is 0.773. The molecule has 9 nitrogen and oxygen atoms in total. The number of carboxylic acids is 1. The van der Waals surface area contributed by atoms with Gasteiger partial charge < -0.3 is 31.4 Å². The number of aliphatic hydroxyl groups is 1. The minimum atomic E-state index is -2.67. The van der Waals surface area contributed by atoms with E-state index in [1.54, 1.807) is 6.20 Å². The Morgan fingerprint density at radius 3 is 2.19 bits per heavy atom. The number of aromatic amines is 1. The number of nitrogens with two attached hydrogens (primary N) is 2. The van der Waals surface area contributed by atoms with E-state index in [0.29, 0.717) is 24.3 Å². The van der Waals surface area contributed by atoms with Gasteiger partial charge in [-0.05, 0) is 40.0 Å². The number of H-pyrrole nitrogens is 1. The van der Waals surface area contributed by atoms with Crippen LogP contribution in [0.5, 0.6) is 0 Å². The Labute approximate surface area is 184 Å². The van der Waals surface area contributed by atoms with E-state index in [-0.39, 0.29) is 12.3 Å². The molecule has 0 spiro atoms. The second-order valence-electron chi connectivity index (χ2n) is 8.89. The van der Waals surface area contributed by atoms with E-state index in [1.807, 2.05) is 27.7 Å². The summed E-state index contributed by atoms with van der Waals surface area (Å²) in [6.07, 6.45) is 9.25. The number of carbonyl (C=O) groups is 2. The molecule has 7 N–H and O–H groups in total. The van der Waals surface area contributed by atoms with Crippen molar-refractivity contribution in [1.82, 2.24) is 9.97 Å². The predicted octanol–water partition coefficient (Wildman–Crippen LogP) is 1.78. The highest BCUT2D eigenvalue weighted by molar-refractivity contribution is 6.09. The summed E-state index contributed by atoms with van der Waals surface area (Å²) in [6.45, 7) is 8.17. The minimum absolute atomic E-state index is 0.0358. The van der Waals surface area contributed by atoms with Gasteiger partial charge in [-0.25, -0.2) is 9.78 Å². The molecule has 3 atom stereocenters. The standard InChI is InChI=1S/C16H26N4O4.C6H14O/c17-12(7-11-8-19-9-20-11)14(21)16(24,15(22)23)13(18)6-10-4-2-1-3-5-10;1-5(2)7-6(3)4/h8-10,12-13,24H,1-7,17-18H2,(H,19,20)(H,22,23);5-6H,1-4H3/t12-,13-,16?;/m0./s1. The molecule has 0 radical (unpaired) electrons. The highest BCUT2D eigenvalue weighted by Gasteiger charge is 2.51. The third-order valence-corrected chi connectivity index (χ3v) is 5.42. The van der Waals surface area contributed by atoms with Crippen LogP contribution in [0.15, 0.2) is 12.5 Å². The van der Waals surface area contributed by atoms with Gasteiger partial charge in [-0.3, -0.25) is 4.79 Å². The maximum atomic E-state index is 12.5. The number of rotatable bonds is 10. The number of ketones is 1. The number of carboxylic acid groups (broad SMARTS) is 1. The lowest BCUT2D eigenvalue weighted by Crippen LogP contribution is -2.64. The molecule has 1 aromatic heterocycles. The highest BCUT2D eigenvalue weighted by atomic mass is 16.5.